The van der Waals surface area contributed by atoms with E-state index in [1.165, 1.54) is 6.33 Å². The third-order valence-electron chi connectivity index (χ3n) is 2.39. The number of hydrogen-bond donors (Lipinski definition) is 0. The largest absolute Gasteiger partial charge is 0.374 e. The van der Waals surface area contributed by atoms with E-state index in [0.717, 1.165) is 10.6 Å². The Bertz CT molecular complexity index is 475. The van der Waals surface area contributed by atoms with Crippen molar-refractivity contribution in [3.8, 4) is 0 Å². The quantitative estimate of drug-likeness (QED) is 0.652. The zero-order valence-corrected chi connectivity index (χ0v) is 9.23. The Labute approximate surface area is 92.2 Å². The monoisotopic (exact) mass is 226 g/mol. The van der Waals surface area contributed by atoms with Crippen molar-refractivity contribution in [3.63, 3.8) is 0 Å². The van der Waals surface area contributed by atoms with E-state index in [9.17, 15) is 0 Å². The van der Waals surface area contributed by atoms with Gasteiger partial charge in [0.15, 0.2) is 0 Å². The summed E-state index contributed by atoms with van der Waals surface area (Å²) in [5.74, 6) is 0. The molecule has 0 saturated carbocycles. The first kappa shape index (κ1) is 10.5. The minimum Gasteiger partial charge on any atom is -0.374 e. The molecule has 2 rings (SSSR count). The fourth-order valence-electron chi connectivity index (χ4n) is 1.59. The second-order valence-corrected chi connectivity index (χ2v) is 3.56. The first-order chi connectivity index (χ1) is 7.26. The minimum absolute atomic E-state index is 0.131. The highest BCUT2D eigenvalue weighted by molar-refractivity contribution is 6.29. The summed E-state index contributed by atoms with van der Waals surface area (Å²) < 4.78 is 10.6. The lowest BCUT2D eigenvalue weighted by atomic mass is 10.1. The van der Waals surface area contributed by atoms with Gasteiger partial charge in [-0.3, -0.25) is 0 Å². The molecule has 0 bridgehead atoms. The zero-order valence-electron chi connectivity index (χ0n) is 8.48. The van der Waals surface area contributed by atoms with Crippen LogP contribution in [0.25, 0.3) is 12.2 Å². The Hall–Kier alpha value is -0.970. The molecule has 15 heavy (non-hydrogen) atoms. The van der Waals surface area contributed by atoms with Crippen LogP contribution in [0.15, 0.2) is 6.33 Å². The predicted molar refractivity (Wildman–Crippen MR) is 56.8 cm³/mol. The van der Waals surface area contributed by atoms with Crippen LogP contribution in [0.4, 0.5) is 0 Å². The van der Waals surface area contributed by atoms with Crippen molar-refractivity contribution in [2.24, 2.45) is 0 Å². The zero-order chi connectivity index (χ0) is 10.8. The van der Waals surface area contributed by atoms with Crippen LogP contribution >= 0.6 is 11.6 Å². The summed E-state index contributed by atoms with van der Waals surface area (Å²) in [4.78, 5) is 8.05. The second-order valence-electron chi connectivity index (χ2n) is 3.20. The molecule has 0 aliphatic heterocycles. The third-order valence-corrected chi connectivity index (χ3v) is 2.69. The van der Waals surface area contributed by atoms with Gasteiger partial charge in [-0.15, -0.1) is 0 Å². The summed E-state index contributed by atoms with van der Waals surface area (Å²) in [7, 11) is 3.26. The summed E-state index contributed by atoms with van der Waals surface area (Å²) in [5.41, 5.74) is 0. The smallest absolute Gasteiger partial charge is 0.140 e. The molecule has 2 atom stereocenters. The van der Waals surface area contributed by atoms with Crippen LogP contribution in [0.2, 0.25) is 5.15 Å². The number of methoxy groups -OCH3 is 2. The number of fused-ring (bicyclic) bond motifs is 1. The second kappa shape index (κ2) is 4.26. The minimum atomic E-state index is -0.147. The predicted octanol–water partition coefficient (Wildman–Crippen LogP) is -0.265. The lowest BCUT2D eigenvalue weighted by molar-refractivity contribution is 0.0303. The topological polar surface area (TPSA) is 44.2 Å². The van der Waals surface area contributed by atoms with Crippen molar-refractivity contribution >= 4 is 23.8 Å². The molecule has 0 fully saturated rings. The van der Waals surface area contributed by atoms with Crippen LogP contribution in [0, 0.1) is 0 Å². The Morgan fingerprint density at radius 1 is 1.13 bits per heavy atom. The van der Waals surface area contributed by atoms with Gasteiger partial charge < -0.3 is 9.47 Å². The molecule has 80 valence electrons. The van der Waals surface area contributed by atoms with Crippen LogP contribution in [-0.2, 0) is 9.47 Å². The lowest BCUT2D eigenvalue weighted by Gasteiger charge is -2.21. The van der Waals surface area contributed by atoms with Crippen LogP contribution in [0.1, 0.15) is 0 Å². The Kier molecular flexibility index (Phi) is 3.00. The molecule has 4 nitrogen and oxygen atoms in total. The highest BCUT2D eigenvalue weighted by Crippen LogP contribution is 2.08. The van der Waals surface area contributed by atoms with E-state index in [4.69, 9.17) is 21.1 Å². The van der Waals surface area contributed by atoms with Crippen LogP contribution in [0.3, 0.4) is 0 Å². The van der Waals surface area contributed by atoms with E-state index in [1.54, 1.807) is 14.2 Å². The van der Waals surface area contributed by atoms with E-state index in [2.05, 4.69) is 9.97 Å². The van der Waals surface area contributed by atoms with Gasteiger partial charge in [-0.25, -0.2) is 9.97 Å². The molecule has 1 aliphatic carbocycles. The highest BCUT2D eigenvalue weighted by Gasteiger charge is 2.20. The molecule has 0 radical (unpaired) electrons. The molecule has 2 unspecified atom stereocenters. The highest BCUT2D eigenvalue weighted by atomic mass is 35.5. The van der Waals surface area contributed by atoms with Gasteiger partial charge >= 0.3 is 0 Å². The van der Waals surface area contributed by atoms with E-state index >= 15 is 0 Å². The maximum absolute atomic E-state index is 5.96. The molecule has 5 heteroatoms. The van der Waals surface area contributed by atoms with Crippen LogP contribution in [-0.4, -0.2) is 36.4 Å². The molecule has 0 saturated heterocycles. The molecule has 1 aromatic heterocycles. The van der Waals surface area contributed by atoms with Gasteiger partial charge in [-0.1, -0.05) is 11.6 Å². The van der Waals surface area contributed by atoms with Crippen LogP contribution in [0.5, 0.6) is 0 Å². The van der Waals surface area contributed by atoms with Gasteiger partial charge in [0, 0.05) is 19.4 Å². The molecular formula is C10H11ClN2O2. The Morgan fingerprint density at radius 2 is 1.80 bits per heavy atom. The molecule has 0 spiro atoms. The summed E-state index contributed by atoms with van der Waals surface area (Å²) in [6.45, 7) is 0. The Morgan fingerprint density at radius 3 is 2.47 bits per heavy atom. The van der Waals surface area contributed by atoms with Crippen molar-refractivity contribution in [3.05, 3.63) is 22.0 Å². The Balaban J connectivity index is 2.61. The number of halogens is 1. The van der Waals surface area contributed by atoms with E-state index in [-0.39, 0.29) is 12.2 Å². The molecule has 0 amide bonds. The van der Waals surface area contributed by atoms with E-state index in [1.807, 2.05) is 12.2 Å². The standard InChI is InChI=1S/C10H11ClN2O2/c1-14-8-3-6-7(4-9(8)15-2)12-5-13-10(6)11/h3-5,8-9H,1-2H3. The summed E-state index contributed by atoms with van der Waals surface area (Å²) in [6, 6.07) is 0. The average Bonchev–Trinajstić information content (AvgIpc) is 2.28. The SMILES string of the molecule is COC1C=c2ncnc(Cl)c2=CC1OC. The van der Waals surface area contributed by atoms with Crippen molar-refractivity contribution in [2.75, 3.05) is 14.2 Å². The molecule has 1 aliphatic rings. The number of nitrogens with zero attached hydrogens (tertiary/aromatic N) is 2. The number of hydrogen-bond acceptors (Lipinski definition) is 4. The first-order valence-corrected chi connectivity index (χ1v) is 4.90. The molecule has 0 aromatic carbocycles. The molecule has 1 aromatic rings. The van der Waals surface area contributed by atoms with Gasteiger partial charge in [0.1, 0.15) is 23.7 Å². The van der Waals surface area contributed by atoms with Gasteiger partial charge in [0.05, 0.1) is 5.35 Å². The van der Waals surface area contributed by atoms with Crippen molar-refractivity contribution in [1.82, 2.24) is 9.97 Å². The van der Waals surface area contributed by atoms with Gasteiger partial charge in [0.25, 0.3) is 0 Å². The summed E-state index contributed by atoms with van der Waals surface area (Å²) in [5, 5.41) is 2.03. The number of rotatable bonds is 2. The van der Waals surface area contributed by atoms with Gasteiger partial charge in [-0.2, -0.15) is 0 Å². The number of ether oxygens (including phenoxy) is 2. The maximum atomic E-state index is 5.96. The van der Waals surface area contributed by atoms with Gasteiger partial charge in [0.2, 0.25) is 0 Å². The fraction of sp³-hybridized carbons (Fsp3) is 0.400. The summed E-state index contributed by atoms with van der Waals surface area (Å²) >= 11 is 5.96. The number of aromatic nitrogens is 2. The van der Waals surface area contributed by atoms with Crippen molar-refractivity contribution in [1.29, 1.82) is 0 Å². The van der Waals surface area contributed by atoms with Crippen LogP contribution < -0.4 is 10.6 Å². The van der Waals surface area contributed by atoms with Gasteiger partial charge in [-0.05, 0) is 12.2 Å². The molecule has 0 N–H and O–H groups in total. The van der Waals surface area contributed by atoms with E-state index in [0.29, 0.717) is 5.15 Å². The average molecular weight is 227 g/mol. The third kappa shape index (κ3) is 1.88. The normalized spacial score (nSPS) is 23.9. The summed E-state index contributed by atoms with van der Waals surface area (Å²) in [6.07, 6.45) is 4.92. The lowest BCUT2D eigenvalue weighted by Crippen LogP contribution is -2.42. The van der Waals surface area contributed by atoms with E-state index < -0.39 is 0 Å². The van der Waals surface area contributed by atoms with Crippen molar-refractivity contribution in [2.45, 2.75) is 12.2 Å². The molecular weight excluding hydrogens is 216 g/mol. The van der Waals surface area contributed by atoms with Crippen molar-refractivity contribution < 1.29 is 9.47 Å². The first-order valence-electron chi connectivity index (χ1n) is 4.52. The maximum Gasteiger partial charge on any atom is 0.140 e. The fourth-order valence-corrected chi connectivity index (χ4v) is 1.79. The molecule has 1 heterocycles.